The van der Waals surface area contributed by atoms with Crippen LogP contribution in [0.3, 0.4) is 0 Å². The first-order valence-electron chi connectivity index (χ1n) is 7.61. The highest BCUT2D eigenvalue weighted by atomic mass is 16.5. The van der Waals surface area contributed by atoms with Gasteiger partial charge in [0.2, 0.25) is 5.91 Å². The zero-order chi connectivity index (χ0) is 16.7. The van der Waals surface area contributed by atoms with E-state index in [2.05, 4.69) is 0 Å². The van der Waals surface area contributed by atoms with E-state index in [9.17, 15) is 9.59 Å². The van der Waals surface area contributed by atoms with Crippen LogP contribution in [0.25, 0.3) is 0 Å². The molecule has 1 amide bonds. The lowest BCUT2D eigenvalue weighted by molar-refractivity contribution is -0.140. The van der Waals surface area contributed by atoms with Crippen LogP contribution < -0.4 is 9.64 Å². The number of hydrogen-bond donors (Lipinski definition) is 1. The molecule has 1 N–H and O–H groups in total. The van der Waals surface area contributed by atoms with E-state index < -0.39 is 11.9 Å². The van der Waals surface area contributed by atoms with E-state index in [0.717, 1.165) is 0 Å². The zero-order valence-corrected chi connectivity index (χ0v) is 13.7. The smallest absolute Gasteiger partial charge is 0.308 e. The van der Waals surface area contributed by atoms with Gasteiger partial charge >= 0.3 is 5.97 Å². The van der Waals surface area contributed by atoms with Crippen molar-refractivity contribution in [1.82, 2.24) is 0 Å². The van der Waals surface area contributed by atoms with Crippen LogP contribution in [0.4, 0.5) is 5.69 Å². The van der Waals surface area contributed by atoms with E-state index in [1.54, 1.807) is 19.1 Å². The average Bonchev–Trinajstić information content (AvgIpc) is 2.44. The predicted molar refractivity (Wildman–Crippen MR) is 86.2 cm³/mol. The topological polar surface area (TPSA) is 66.8 Å². The quantitative estimate of drug-likeness (QED) is 0.801. The Morgan fingerprint density at radius 1 is 1.23 bits per heavy atom. The molecule has 0 spiro atoms. The van der Waals surface area contributed by atoms with Crippen molar-refractivity contribution >= 4 is 17.6 Å². The molecule has 1 unspecified atom stereocenters. The maximum Gasteiger partial charge on any atom is 0.308 e. The number of carbonyl (C=O) groups excluding carboxylic acids is 1. The standard InChI is InChI=1S/C17H25NO4/c1-5-22-15-9-7-6-8-14(15)18(11-13(4)17(20)21)16(19)10-12(2)3/h6-9,12-13H,5,10-11H2,1-4H3,(H,20,21). The first kappa shape index (κ1) is 18.0. The molecule has 0 fully saturated rings. The van der Waals surface area contributed by atoms with Gasteiger partial charge in [0.05, 0.1) is 18.2 Å². The summed E-state index contributed by atoms with van der Waals surface area (Å²) in [5.41, 5.74) is 0.628. The third-order valence-corrected chi connectivity index (χ3v) is 3.22. The van der Waals surface area contributed by atoms with Gasteiger partial charge in [-0.25, -0.2) is 0 Å². The first-order chi connectivity index (χ1) is 10.4. The lowest BCUT2D eigenvalue weighted by Gasteiger charge is -2.27. The highest BCUT2D eigenvalue weighted by Crippen LogP contribution is 2.29. The summed E-state index contributed by atoms with van der Waals surface area (Å²) in [4.78, 5) is 25.2. The van der Waals surface area contributed by atoms with Gasteiger partial charge in [0.25, 0.3) is 0 Å². The molecule has 1 aromatic carbocycles. The summed E-state index contributed by atoms with van der Waals surface area (Å²) >= 11 is 0. The summed E-state index contributed by atoms with van der Waals surface area (Å²) < 4.78 is 5.57. The van der Waals surface area contributed by atoms with Crippen LogP contribution in [0, 0.1) is 11.8 Å². The van der Waals surface area contributed by atoms with Gasteiger partial charge in [-0.05, 0) is 25.0 Å². The Balaban J connectivity index is 3.13. The fourth-order valence-corrected chi connectivity index (χ4v) is 2.10. The number of aliphatic carboxylic acids is 1. The van der Waals surface area contributed by atoms with Crippen molar-refractivity contribution in [3.8, 4) is 5.75 Å². The summed E-state index contributed by atoms with van der Waals surface area (Å²) in [6, 6.07) is 7.23. The highest BCUT2D eigenvalue weighted by Gasteiger charge is 2.24. The molecule has 0 aliphatic rings. The molecular formula is C17H25NO4. The van der Waals surface area contributed by atoms with Gasteiger partial charge in [0.1, 0.15) is 5.75 Å². The number of amides is 1. The number of nitrogens with zero attached hydrogens (tertiary/aromatic N) is 1. The number of hydrogen-bond acceptors (Lipinski definition) is 3. The van der Waals surface area contributed by atoms with Crippen molar-refractivity contribution in [2.24, 2.45) is 11.8 Å². The van der Waals surface area contributed by atoms with Gasteiger partial charge in [-0.3, -0.25) is 9.59 Å². The van der Waals surface area contributed by atoms with Crippen LogP contribution in [-0.2, 0) is 9.59 Å². The van der Waals surface area contributed by atoms with Gasteiger partial charge in [-0.1, -0.05) is 32.9 Å². The van der Waals surface area contributed by atoms with E-state index in [-0.39, 0.29) is 18.4 Å². The molecule has 0 heterocycles. The molecule has 5 heteroatoms. The van der Waals surface area contributed by atoms with Gasteiger partial charge in [-0.2, -0.15) is 0 Å². The third-order valence-electron chi connectivity index (χ3n) is 3.22. The lowest BCUT2D eigenvalue weighted by Crippen LogP contribution is -2.37. The van der Waals surface area contributed by atoms with E-state index in [0.29, 0.717) is 24.5 Å². The Labute approximate surface area is 131 Å². The molecule has 0 bridgehead atoms. The molecule has 0 radical (unpaired) electrons. The Kier molecular flexibility index (Phi) is 6.89. The largest absolute Gasteiger partial charge is 0.492 e. The van der Waals surface area contributed by atoms with Crippen molar-refractivity contribution in [3.63, 3.8) is 0 Å². The zero-order valence-electron chi connectivity index (χ0n) is 13.7. The highest BCUT2D eigenvalue weighted by molar-refractivity contribution is 5.95. The van der Waals surface area contributed by atoms with E-state index in [4.69, 9.17) is 9.84 Å². The van der Waals surface area contributed by atoms with Gasteiger partial charge in [0, 0.05) is 13.0 Å². The molecule has 0 saturated heterocycles. The second kappa shape index (κ2) is 8.41. The molecule has 1 aromatic rings. The number of anilines is 1. The summed E-state index contributed by atoms with van der Waals surface area (Å²) in [7, 11) is 0. The minimum atomic E-state index is -0.920. The van der Waals surface area contributed by atoms with Crippen molar-refractivity contribution < 1.29 is 19.4 Å². The number of rotatable bonds is 8. The Bertz CT molecular complexity index is 513. The molecule has 0 aliphatic heterocycles. The van der Waals surface area contributed by atoms with Crippen LogP contribution in [-0.4, -0.2) is 30.1 Å². The van der Waals surface area contributed by atoms with E-state index >= 15 is 0 Å². The SMILES string of the molecule is CCOc1ccccc1N(CC(C)C(=O)O)C(=O)CC(C)C. The number of ether oxygens (including phenoxy) is 1. The van der Waals surface area contributed by atoms with Crippen molar-refractivity contribution in [3.05, 3.63) is 24.3 Å². The van der Waals surface area contributed by atoms with Gasteiger partial charge < -0.3 is 14.7 Å². The molecule has 1 atom stereocenters. The van der Waals surface area contributed by atoms with Crippen LogP contribution in [0.5, 0.6) is 5.75 Å². The number of benzene rings is 1. The second-order valence-electron chi connectivity index (χ2n) is 5.74. The summed E-state index contributed by atoms with van der Waals surface area (Å²) in [6.45, 7) is 8.01. The number of carboxylic acid groups (broad SMARTS) is 1. The molecule has 5 nitrogen and oxygen atoms in total. The molecule has 0 aromatic heterocycles. The average molecular weight is 307 g/mol. The third kappa shape index (κ3) is 5.06. The molecule has 1 rings (SSSR count). The van der Waals surface area contributed by atoms with E-state index in [1.165, 1.54) is 4.90 Å². The summed E-state index contributed by atoms with van der Waals surface area (Å²) in [5.74, 6) is -0.855. The van der Waals surface area contributed by atoms with Crippen LogP contribution in [0.15, 0.2) is 24.3 Å². The Hall–Kier alpha value is -2.04. The first-order valence-corrected chi connectivity index (χ1v) is 7.61. The lowest BCUT2D eigenvalue weighted by atomic mass is 10.1. The Morgan fingerprint density at radius 3 is 2.41 bits per heavy atom. The second-order valence-corrected chi connectivity index (χ2v) is 5.74. The predicted octanol–water partition coefficient (Wildman–Crippen LogP) is 3.19. The summed E-state index contributed by atoms with van der Waals surface area (Å²) in [6.07, 6.45) is 0.368. The fourth-order valence-electron chi connectivity index (χ4n) is 2.10. The van der Waals surface area contributed by atoms with Crippen LogP contribution in [0.1, 0.15) is 34.1 Å². The maximum atomic E-state index is 12.5. The number of para-hydroxylation sites is 2. The molecule has 0 aliphatic carbocycles. The maximum absolute atomic E-state index is 12.5. The summed E-state index contributed by atoms with van der Waals surface area (Å²) in [5, 5.41) is 9.14. The van der Waals surface area contributed by atoms with E-state index in [1.807, 2.05) is 32.9 Å². The molecular weight excluding hydrogens is 282 g/mol. The van der Waals surface area contributed by atoms with Crippen LogP contribution >= 0.6 is 0 Å². The molecule has 22 heavy (non-hydrogen) atoms. The number of carboxylic acids is 1. The van der Waals surface area contributed by atoms with Crippen molar-refractivity contribution in [2.75, 3.05) is 18.1 Å². The molecule has 0 saturated carbocycles. The van der Waals surface area contributed by atoms with Gasteiger partial charge in [-0.15, -0.1) is 0 Å². The van der Waals surface area contributed by atoms with Crippen LogP contribution in [0.2, 0.25) is 0 Å². The van der Waals surface area contributed by atoms with Crippen molar-refractivity contribution in [2.45, 2.75) is 34.1 Å². The van der Waals surface area contributed by atoms with Crippen molar-refractivity contribution in [1.29, 1.82) is 0 Å². The Morgan fingerprint density at radius 2 is 1.86 bits per heavy atom. The van der Waals surface area contributed by atoms with Gasteiger partial charge in [0.15, 0.2) is 0 Å². The normalized spacial score (nSPS) is 12.0. The minimum absolute atomic E-state index is 0.0877. The minimum Gasteiger partial charge on any atom is -0.492 e. The fraction of sp³-hybridized carbons (Fsp3) is 0.529. The molecule has 122 valence electrons. The number of carbonyl (C=O) groups is 2. The monoisotopic (exact) mass is 307 g/mol.